The summed E-state index contributed by atoms with van der Waals surface area (Å²) in [6.45, 7) is 6.48. The van der Waals surface area contributed by atoms with Crippen LogP contribution in [0, 0.1) is 20.8 Å². The number of hydrogen-bond acceptors (Lipinski definition) is 4. The monoisotopic (exact) mass is 289 g/mol. The maximum Gasteiger partial charge on any atom is 0.123 e. The van der Waals surface area contributed by atoms with Crippen LogP contribution in [0.25, 0.3) is 0 Å². The van der Waals surface area contributed by atoms with Gasteiger partial charge in [-0.05, 0) is 39.0 Å². The van der Waals surface area contributed by atoms with Crippen LogP contribution in [0.15, 0.2) is 22.6 Å². The van der Waals surface area contributed by atoms with Crippen molar-refractivity contribution in [3.05, 3.63) is 46.7 Å². The van der Waals surface area contributed by atoms with Gasteiger partial charge in [0.15, 0.2) is 0 Å². The molecule has 0 amide bonds. The Kier molecular flexibility index (Phi) is 4.09. The van der Waals surface area contributed by atoms with Gasteiger partial charge in [-0.25, -0.2) is 0 Å². The molecule has 106 valence electrons. The van der Waals surface area contributed by atoms with Gasteiger partial charge in [0.2, 0.25) is 0 Å². The predicted molar refractivity (Wildman–Crippen MR) is 85.2 cm³/mol. The molecule has 0 aromatic carbocycles. The van der Waals surface area contributed by atoms with Crippen molar-refractivity contribution < 1.29 is 4.42 Å². The average Bonchev–Trinajstić information content (AvgIpc) is 2.72. The zero-order chi connectivity index (χ0) is 14.9. The molecular formula is C15H19N3OS. The fourth-order valence-corrected chi connectivity index (χ4v) is 2.55. The van der Waals surface area contributed by atoms with Crippen molar-refractivity contribution in [2.24, 2.45) is 5.73 Å². The zero-order valence-corrected chi connectivity index (χ0v) is 13.0. The highest BCUT2D eigenvalue weighted by molar-refractivity contribution is 7.80. The van der Waals surface area contributed by atoms with E-state index in [0.717, 1.165) is 34.2 Å². The second kappa shape index (κ2) is 5.63. The van der Waals surface area contributed by atoms with Crippen LogP contribution in [0.4, 0.5) is 5.69 Å². The lowest BCUT2D eigenvalue weighted by atomic mass is 10.1. The van der Waals surface area contributed by atoms with Crippen LogP contribution in [0.5, 0.6) is 0 Å². The van der Waals surface area contributed by atoms with Crippen LogP contribution in [-0.4, -0.2) is 17.0 Å². The van der Waals surface area contributed by atoms with Crippen LogP contribution in [0.1, 0.15) is 28.5 Å². The molecule has 0 spiro atoms. The summed E-state index contributed by atoms with van der Waals surface area (Å²) in [4.78, 5) is 6.88. The van der Waals surface area contributed by atoms with Gasteiger partial charge in [0.25, 0.3) is 0 Å². The van der Waals surface area contributed by atoms with Crippen molar-refractivity contribution in [3.8, 4) is 0 Å². The highest BCUT2D eigenvalue weighted by Crippen LogP contribution is 2.24. The van der Waals surface area contributed by atoms with Gasteiger partial charge in [-0.2, -0.15) is 0 Å². The first-order chi connectivity index (χ1) is 9.38. The molecule has 0 aliphatic heterocycles. The molecule has 2 aromatic rings. The van der Waals surface area contributed by atoms with E-state index in [1.807, 2.05) is 46.0 Å². The lowest BCUT2D eigenvalue weighted by molar-refractivity contribution is 0.481. The Morgan fingerprint density at radius 1 is 1.35 bits per heavy atom. The van der Waals surface area contributed by atoms with Gasteiger partial charge in [0.1, 0.15) is 16.5 Å². The number of rotatable bonds is 4. The lowest BCUT2D eigenvalue weighted by Crippen LogP contribution is -2.23. The van der Waals surface area contributed by atoms with Gasteiger partial charge in [-0.15, -0.1) is 0 Å². The quantitative estimate of drug-likeness (QED) is 0.877. The standard InChI is InChI=1S/C15H19N3OS/c1-9-7-13(14(15(16)20)11(3)17-9)18(4)8-12-6-5-10(2)19-12/h5-7H,8H2,1-4H3,(H2,16,20). The molecule has 0 saturated carbocycles. The highest BCUT2D eigenvalue weighted by atomic mass is 32.1. The van der Waals surface area contributed by atoms with Crippen LogP contribution in [0.2, 0.25) is 0 Å². The molecule has 0 bridgehead atoms. The molecule has 2 aromatic heterocycles. The van der Waals surface area contributed by atoms with Gasteiger partial charge in [-0.1, -0.05) is 12.2 Å². The van der Waals surface area contributed by atoms with E-state index >= 15 is 0 Å². The normalized spacial score (nSPS) is 10.6. The molecule has 2 heterocycles. The molecule has 0 atom stereocenters. The van der Waals surface area contributed by atoms with Gasteiger partial charge in [0.05, 0.1) is 17.8 Å². The van der Waals surface area contributed by atoms with Gasteiger partial charge >= 0.3 is 0 Å². The average molecular weight is 289 g/mol. The number of furan rings is 1. The summed E-state index contributed by atoms with van der Waals surface area (Å²) in [6.07, 6.45) is 0. The molecule has 0 aliphatic rings. The summed E-state index contributed by atoms with van der Waals surface area (Å²) in [6, 6.07) is 5.94. The number of anilines is 1. The topological polar surface area (TPSA) is 55.3 Å². The number of aromatic nitrogens is 1. The summed E-state index contributed by atoms with van der Waals surface area (Å²) in [5.41, 5.74) is 9.46. The molecular weight excluding hydrogens is 270 g/mol. The maximum absolute atomic E-state index is 5.84. The molecule has 0 saturated heterocycles. The first kappa shape index (κ1) is 14.5. The fourth-order valence-electron chi connectivity index (χ4n) is 2.30. The summed E-state index contributed by atoms with van der Waals surface area (Å²) in [5, 5.41) is 0. The van der Waals surface area contributed by atoms with Crippen molar-refractivity contribution in [3.63, 3.8) is 0 Å². The van der Waals surface area contributed by atoms with E-state index in [9.17, 15) is 0 Å². The summed E-state index contributed by atoms with van der Waals surface area (Å²) >= 11 is 5.16. The molecule has 0 aliphatic carbocycles. The number of pyridine rings is 1. The third-order valence-corrected chi connectivity index (χ3v) is 3.36. The number of thiocarbonyl (C=S) groups is 1. The van der Waals surface area contributed by atoms with E-state index < -0.39 is 0 Å². The minimum Gasteiger partial charge on any atom is -0.464 e. The molecule has 0 unspecified atom stereocenters. The SMILES string of the molecule is Cc1cc(N(C)Cc2ccc(C)o2)c(C(N)=S)c(C)n1. The first-order valence-corrected chi connectivity index (χ1v) is 6.84. The molecule has 5 heteroatoms. The Bertz CT molecular complexity index is 649. The lowest BCUT2D eigenvalue weighted by Gasteiger charge is -2.22. The third kappa shape index (κ3) is 2.99. The van der Waals surface area contributed by atoms with Crippen LogP contribution < -0.4 is 10.6 Å². The Labute approximate surface area is 124 Å². The highest BCUT2D eigenvalue weighted by Gasteiger charge is 2.15. The van der Waals surface area contributed by atoms with Crippen molar-refractivity contribution in [2.45, 2.75) is 27.3 Å². The van der Waals surface area contributed by atoms with E-state index in [2.05, 4.69) is 9.88 Å². The smallest absolute Gasteiger partial charge is 0.123 e. The van der Waals surface area contributed by atoms with Gasteiger partial charge in [-0.3, -0.25) is 4.98 Å². The van der Waals surface area contributed by atoms with Gasteiger partial charge < -0.3 is 15.1 Å². The van der Waals surface area contributed by atoms with Crippen LogP contribution >= 0.6 is 12.2 Å². The number of aryl methyl sites for hydroxylation is 3. The van der Waals surface area contributed by atoms with Gasteiger partial charge in [0, 0.05) is 18.4 Å². The largest absolute Gasteiger partial charge is 0.464 e. The molecule has 0 fully saturated rings. The molecule has 2 rings (SSSR count). The van der Waals surface area contributed by atoms with E-state index in [4.69, 9.17) is 22.4 Å². The number of hydrogen-bond donors (Lipinski definition) is 1. The second-order valence-electron chi connectivity index (χ2n) is 4.98. The van der Waals surface area contributed by atoms with Crippen molar-refractivity contribution in [2.75, 3.05) is 11.9 Å². The minimum atomic E-state index is 0.368. The zero-order valence-electron chi connectivity index (χ0n) is 12.2. The predicted octanol–water partition coefficient (Wildman–Crippen LogP) is 2.87. The molecule has 20 heavy (non-hydrogen) atoms. The van der Waals surface area contributed by atoms with Crippen LogP contribution in [0.3, 0.4) is 0 Å². The van der Waals surface area contributed by atoms with Crippen molar-refractivity contribution >= 4 is 22.9 Å². The molecule has 0 radical (unpaired) electrons. The van der Waals surface area contributed by atoms with E-state index in [0.29, 0.717) is 11.5 Å². The molecule has 2 N–H and O–H groups in total. The fraction of sp³-hybridized carbons (Fsp3) is 0.333. The summed E-state index contributed by atoms with van der Waals surface area (Å²) in [5.74, 6) is 1.82. The summed E-state index contributed by atoms with van der Waals surface area (Å²) < 4.78 is 5.62. The Balaban J connectivity index is 2.38. The Hall–Kier alpha value is -1.88. The molecule has 4 nitrogen and oxygen atoms in total. The Morgan fingerprint density at radius 2 is 2.05 bits per heavy atom. The Morgan fingerprint density at radius 3 is 2.60 bits per heavy atom. The number of nitrogens with zero attached hydrogens (tertiary/aromatic N) is 2. The van der Waals surface area contributed by atoms with Crippen molar-refractivity contribution in [1.82, 2.24) is 4.98 Å². The maximum atomic E-state index is 5.84. The van der Waals surface area contributed by atoms with E-state index in [1.54, 1.807) is 0 Å². The van der Waals surface area contributed by atoms with E-state index in [-0.39, 0.29) is 0 Å². The third-order valence-electron chi connectivity index (χ3n) is 3.15. The number of nitrogens with two attached hydrogens (primary N) is 1. The van der Waals surface area contributed by atoms with Crippen molar-refractivity contribution in [1.29, 1.82) is 0 Å². The minimum absolute atomic E-state index is 0.368. The first-order valence-electron chi connectivity index (χ1n) is 6.43. The van der Waals surface area contributed by atoms with Crippen LogP contribution in [-0.2, 0) is 6.54 Å². The second-order valence-corrected chi connectivity index (χ2v) is 5.42. The summed E-state index contributed by atoms with van der Waals surface area (Å²) in [7, 11) is 1.99. The van der Waals surface area contributed by atoms with E-state index in [1.165, 1.54) is 0 Å².